The van der Waals surface area contributed by atoms with E-state index in [1.54, 1.807) is 24.3 Å². The Morgan fingerprint density at radius 3 is 2.48 bits per heavy atom. The number of hydrogen-bond donors (Lipinski definition) is 1. The van der Waals surface area contributed by atoms with Crippen LogP contribution in [0.25, 0.3) is 0 Å². The lowest BCUT2D eigenvalue weighted by atomic mass is 9.96. The van der Waals surface area contributed by atoms with E-state index in [9.17, 15) is 9.59 Å². The minimum atomic E-state index is -1.10. The molecule has 3 aromatic rings. The molecule has 0 saturated heterocycles. The molecule has 1 aliphatic heterocycles. The average Bonchev–Trinajstić information content (AvgIpc) is 2.91. The van der Waals surface area contributed by atoms with Crippen molar-refractivity contribution in [1.29, 1.82) is 0 Å². The number of Topliss-reactive ketones (excluding diaryl/α,β-unsaturated/α-hetero) is 1. The van der Waals surface area contributed by atoms with Gasteiger partial charge in [-0.1, -0.05) is 77.8 Å². The van der Waals surface area contributed by atoms with Crippen LogP contribution in [0.5, 0.6) is 0 Å². The first-order valence-electron chi connectivity index (χ1n) is 9.62. The predicted molar refractivity (Wildman–Crippen MR) is 121 cm³/mol. The van der Waals surface area contributed by atoms with Crippen LogP contribution in [0.2, 0.25) is 10.0 Å². The second kappa shape index (κ2) is 9.33. The fraction of sp³-hybridized carbons (Fsp3) is 0.125. The number of carbonyl (C=O) groups is 2. The van der Waals surface area contributed by atoms with Crippen molar-refractivity contribution in [2.75, 3.05) is 0 Å². The summed E-state index contributed by atoms with van der Waals surface area (Å²) in [5.41, 5.74) is 3.56. The Labute approximate surface area is 189 Å². The number of ketones is 1. The van der Waals surface area contributed by atoms with E-state index in [0.717, 1.165) is 16.7 Å². The molecule has 1 unspecified atom stereocenters. The number of nitrogens with one attached hydrogen (secondary N) is 1. The molecule has 0 radical (unpaired) electrons. The average molecular weight is 453 g/mol. The summed E-state index contributed by atoms with van der Waals surface area (Å²) in [4.78, 5) is 29.9. The maximum atomic E-state index is 12.9. The summed E-state index contributed by atoms with van der Waals surface area (Å²) in [5.74, 6) is -0.282. The zero-order valence-corrected chi connectivity index (χ0v) is 17.9. The van der Waals surface area contributed by atoms with E-state index in [1.165, 1.54) is 0 Å². The van der Waals surface area contributed by atoms with Crippen molar-refractivity contribution in [2.24, 2.45) is 4.99 Å². The van der Waals surface area contributed by atoms with E-state index < -0.39 is 12.3 Å². The molecule has 5 nitrogen and oxygen atoms in total. The summed E-state index contributed by atoms with van der Waals surface area (Å²) >= 11 is 12.4. The first kappa shape index (κ1) is 21.1. The van der Waals surface area contributed by atoms with Crippen LogP contribution in [0.3, 0.4) is 0 Å². The number of nitrogens with zero attached hydrogens (tertiary/aromatic N) is 1. The molecule has 4 rings (SSSR count). The van der Waals surface area contributed by atoms with Crippen LogP contribution in [0, 0.1) is 0 Å². The van der Waals surface area contributed by atoms with Crippen molar-refractivity contribution in [1.82, 2.24) is 5.32 Å². The van der Waals surface area contributed by atoms with E-state index in [-0.39, 0.29) is 18.8 Å². The van der Waals surface area contributed by atoms with Crippen molar-refractivity contribution in [3.63, 3.8) is 0 Å². The third kappa shape index (κ3) is 4.95. The fourth-order valence-corrected chi connectivity index (χ4v) is 3.70. The van der Waals surface area contributed by atoms with Crippen molar-refractivity contribution in [3.8, 4) is 0 Å². The van der Waals surface area contributed by atoms with Gasteiger partial charge in [0.1, 0.15) is 6.61 Å². The highest BCUT2D eigenvalue weighted by atomic mass is 35.5. The smallest absolute Gasteiger partial charge is 0.409 e. The van der Waals surface area contributed by atoms with Crippen LogP contribution in [-0.2, 0) is 22.6 Å². The molecular weight excluding hydrogens is 435 g/mol. The van der Waals surface area contributed by atoms with E-state index in [4.69, 9.17) is 27.9 Å². The van der Waals surface area contributed by atoms with Gasteiger partial charge in [-0.25, -0.2) is 4.79 Å². The Hall–Kier alpha value is -3.15. The van der Waals surface area contributed by atoms with Crippen LogP contribution in [0.1, 0.15) is 22.3 Å². The number of aliphatic imine (C=N–C) groups is 1. The third-order valence-electron chi connectivity index (χ3n) is 4.87. The molecule has 0 bridgehead atoms. The molecule has 0 spiro atoms. The zero-order chi connectivity index (χ0) is 21.8. The highest BCUT2D eigenvalue weighted by Gasteiger charge is 2.28. The molecule has 3 aromatic carbocycles. The summed E-state index contributed by atoms with van der Waals surface area (Å²) in [6.07, 6.45) is -1.78. The molecule has 31 heavy (non-hydrogen) atoms. The van der Waals surface area contributed by atoms with E-state index in [0.29, 0.717) is 21.3 Å². The lowest BCUT2D eigenvalue weighted by Crippen LogP contribution is -2.40. The van der Waals surface area contributed by atoms with Crippen molar-refractivity contribution in [3.05, 3.63) is 105 Å². The first-order chi connectivity index (χ1) is 15.0. The number of halogens is 2. The molecule has 1 heterocycles. The number of ether oxygens (including phenoxy) is 1. The van der Waals surface area contributed by atoms with Gasteiger partial charge in [0.05, 0.1) is 5.71 Å². The Balaban J connectivity index is 1.63. The quantitative estimate of drug-likeness (QED) is 0.590. The minimum Gasteiger partial charge on any atom is -0.445 e. The topological polar surface area (TPSA) is 67.8 Å². The molecule has 156 valence electrons. The molecule has 1 N–H and O–H groups in total. The largest absolute Gasteiger partial charge is 0.445 e. The lowest BCUT2D eigenvalue weighted by Gasteiger charge is -2.14. The second-order valence-electron chi connectivity index (χ2n) is 7.00. The summed E-state index contributed by atoms with van der Waals surface area (Å²) in [6.45, 7) is 0.0907. The molecule has 0 fully saturated rings. The van der Waals surface area contributed by atoms with Gasteiger partial charge in [-0.05, 0) is 29.3 Å². The standard InChI is InChI=1S/C24H18Cl2N2O3/c25-17-11-9-16(10-12-17)22-18-7-4-8-20(26)19(18)13-21(29)23(27-22)28-24(30)31-14-15-5-2-1-3-6-15/h1-12,23H,13-14H2,(H,28,30). The number of hydrogen-bond acceptors (Lipinski definition) is 4. The Morgan fingerprint density at radius 1 is 1.00 bits per heavy atom. The molecule has 7 heteroatoms. The van der Waals surface area contributed by atoms with Gasteiger partial charge >= 0.3 is 6.09 Å². The molecular formula is C24H18Cl2N2O3. The van der Waals surface area contributed by atoms with Gasteiger partial charge in [0.25, 0.3) is 0 Å². The van der Waals surface area contributed by atoms with Crippen LogP contribution < -0.4 is 5.32 Å². The third-order valence-corrected chi connectivity index (χ3v) is 5.48. The maximum absolute atomic E-state index is 12.9. The maximum Gasteiger partial charge on any atom is 0.409 e. The lowest BCUT2D eigenvalue weighted by molar-refractivity contribution is -0.120. The molecule has 0 aliphatic carbocycles. The van der Waals surface area contributed by atoms with E-state index in [2.05, 4.69) is 10.3 Å². The van der Waals surface area contributed by atoms with Crippen molar-refractivity contribution < 1.29 is 14.3 Å². The summed E-state index contributed by atoms with van der Waals surface area (Å²) in [5, 5.41) is 3.63. The van der Waals surface area contributed by atoms with Gasteiger partial charge < -0.3 is 4.74 Å². The van der Waals surface area contributed by atoms with Gasteiger partial charge in [-0.15, -0.1) is 0 Å². The minimum absolute atomic E-state index is 0.0409. The Bertz CT molecular complexity index is 1150. The number of fused-ring (bicyclic) bond motifs is 1. The first-order valence-corrected chi connectivity index (χ1v) is 10.4. The number of rotatable bonds is 4. The number of carbonyl (C=O) groups excluding carboxylic acids is 2. The number of alkyl carbamates (subject to hydrolysis) is 1. The summed E-state index contributed by atoms with van der Waals surface area (Å²) in [7, 11) is 0. The van der Waals surface area contributed by atoms with Crippen molar-refractivity contribution >= 4 is 40.8 Å². The van der Waals surface area contributed by atoms with Crippen LogP contribution in [-0.4, -0.2) is 23.8 Å². The zero-order valence-electron chi connectivity index (χ0n) is 16.3. The molecule has 1 amide bonds. The van der Waals surface area contributed by atoms with Crippen LogP contribution in [0.4, 0.5) is 4.79 Å². The van der Waals surface area contributed by atoms with Gasteiger partial charge in [-0.3, -0.25) is 15.1 Å². The number of amides is 1. The van der Waals surface area contributed by atoms with Gasteiger partial charge in [0.15, 0.2) is 11.9 Å². The predicted octanol–water partition coefficient (Wildman–Crippen LogP) is 5.21. The fourth-order valence-electron chi connectivity index (χ4n) is 3.33. The Morgan fingerprint density at radius 2 is 1.74 bits per heavy atom. The molecule has 1 aliphatic rings. The number of benzene rings is 3. The second-order valence-corrected chi connectivity index (χ2v) is 7.85. The van der Waals surface area contributed by atoms with Crippen LogP contribution in [0.15, 0.2) is 77.8 Å². The Kier molecular flexibility index (Phi) is 6.35. The molecule has 1 atom stereocenters. The monoisotopic (exact) mass is 452 g/mol. The SMILES string of the molecule is O=C(NC1N=C(c2ccc(Cl)cc2)c2cccc(Cl)c2CC1=O)OCc1ccccc1. The van der Waals surface area contributed by atoms with Gasteiger partial charge in [0, 0.05) is 27.6 Å². The normalized spacial score (nSPS) is 15.5. The highest BCUT2D eigenvalue weighted by molar-refractivity contribution is 6.33. The summed E-state index contributed by atoms with van der Waals surface area (Å²) in [6, 6.07) is 21.8. The van der Waals surface area contributed by atoms with Crippen LogP contribution >= 0.6 is 23.2 Å². The highest BCUT2D eigenvalue weighted by Crippen LogP contribution is 2.27. The van der Waals surface area contributed by atoms with E-state index in [1.807, 2.05) is 48.5 Å². The van der Waals surface area contributed by atoms with Crippen molar-refractivity contribution in [2.45, 2.75) is 19.2 Å². The summed E-state index contributed by atoms with van der Waals surface area (Å²) < 4.78 is 5.26. The molecule has 0 saturated carbocycles. The van der Waals surface area contributed by atoms with E-state index >= 15 is 0 Å². The van der Waals surface area contributed by atoms with Gasteiger partial charge in [0.2, 0.25) is 0 Å². The van der Waals surface area contributed by atoms with Gasteiger partial charge in [-0.2, -0.15) is 0 Å². The molecule has 0 aromatic heterocycles.